The van der Waals surface area contributed by atoms with E-state index in [1.807, 2.05) is 6.92 Å². The fourth-order valence-corrected chi connectivity index (χ4v) is 1.64. The molecule has 86 valence electrons. The molecular formula is C10H23NO3. The smallest absolute Gasteiger partial charge is 0.0642 e. The van der Waals surface area contributed by atoms with Crippen molar-refractivity contribution in [3.8, 4) is 0 Å². The SMILES string of the molecule is COCC(C)NC(C)(CCO)COC. The molecule has 0 amide bonds. The second-order valence-electron chi connectivity index (χ2n) is 3.97. The molecule has 0 spiro atoms. The van der Waals surface area contributed by atoms with Gasteiger partial charge < -0.3 is 19.9 Å². The Bertz CT molecular complexity index is 135. The Balaban J connectivity index is 4.05. The van der Waals surface area contributed by atoms with E-state index in [0.29, 0.717) is 19.6 Å². The zero-order valence-corrected chi connectivity index (χ0v) is 9.67. The first kappa shape index (κ1) is 13.8. The third-order valence-electron chi connectivity index (χ3n) is 2.14. The number of nitrogens with one attached hydrogen (secondary N) is 1. The molecule has 0 aromatic rings. The summed E-state index contributed by atoms with van der Waals surface area (Å²) in [7, 11) is 3.34. The van der Waals surface area contributed by atoms with Crippen LogP contribution in [0.3, 0.4) is 0 Å². The fraction of sp³-hybridized carbons (Fsp3) is 1.00. The predicted molar refractivity (Wildman–Crippen MR) is 56.5 cm³/mol. The summed E-state index contributed by atoms with van der Waals surface area (Å²) in [5.74, 6) is 0. The summed E-state index contributed by atoms with van der Waals surface area (Å²) in [4.78, 5) is 0. The van der Waals surface area contributed by atoms with E-state index in [2.05, 4.69) is 12.2 Å². The van der Waals surface area contributed by atoms with Gasteiger partial charge in [0.2, 0.25) is 0 Å². The van der Waals surface area contributed by atoms with Crippen molar-refractivity contribution < 1.29 is 14.6 Å². The van der Waals surface area contributed by atoms with Crippen molar-refractivity contribution >= 4 is 0 Å². The topological polar surface area (TPSA) is 50.7 Å². The third-order valence-corrected chi connectivity index (χ3v) is 2.14. The lowest BCUT2D eigenvalue weighted by Crippen LogP contribution is -2.52. The van der Waals surface area contributed by atoms with Gasteiger partial charge in [0.15, 0.2) is 0 Å². The van der Waals surface area contributed by atoms with Crippen LogP contribution in [0, 0.1) is 0 Å². The van der Waals surface area contributed by atoms with Gasteiger partial charge in [0.1, 0.15) is 0 Å². The van der Waals surface area contributed by atoms with Crippen LogP contribution >= 0.6 is 0 Å². The molecular weight excluding hydrogens is 182 g/mol. The van der Waals surface area contributed by atoms with E-state index in [1.54, 1.807) is 14.2 Å². The first-order valence-electron chi connectivity index (χ1n) is 4.94. The van der Waals surface area contributed by atoms with Crippen molar-refractivity contribution in [1.82, 2.24) is 5.32 Å². The number of aliphatic hydroxyl groups is 1. The van der Waals surface area contributed by atoms with Gasteiger partial charge in [-0.25, -0.2) is 0 Å². The molecule has 0 aliphatic heterocycles. The number of rotatable bonds is 8. The third kappa shape index (κ3) is 5.54. The molecule has 0 fully saturated rings. The molecule has 2 atom stereocenters. The minimum Gasteiger partial charge on any atom is -0.396 e. The highest BCUT2D eigenvalue weighted by Crippen LogP contribution is 2.10. The van der Waals surface area contributed by atoms with Crippen LogP contribution in [-0.4, -0.2) is 50.7 Å². The van der Waals surface area contributed by atoms with E-state index in [0.717, 1.165) is 0 Å². The molecule has 2 N–H and O–H groups in total. The van der Waals surface area contributed by atoms with Gasteiger partial charge in [-0.05, 0) is 20.3 Å². The molecule has 0 saturated carbocycles. The summed E-state index contributed by atoms with van der Waals surface area (Å²) in [5, 5.41) is 12.3. The average Bonchev–Trinajstić information content (AvgIpc) is 2.04. The Kier molecular flexibility index (Phi) is 7.09. The van der Waals surface area contributed by atoms with Crippen molar-refractivity contribution in [3.63, 3.8) is 0 Å². The molecule has 0 saturated heterocycles. The lowest BCUT2D eigenvalue weighted by Gasteiger charge is -2.32. The van der Waals surface area contributed by atoms with Gasteiger partial charge in [-0.15, -0.1) is 0 Å². The maximum Gasteiger partial charge on any atom is 0.0642 e. The van der Waals surface area contributed by atoms with Crippen LogP contribution in [0.5, 0.6) is 0 Å². The summed E-state index contributed by atoms with van der Waals surface area (Å²) < 4.78 is 10.2. The van der Waals surface area contributed by atoms with Crippen molar-refractivity contribution in [2.75, 3.05) is 34.0 Å². The highest BCUT2D eigenvalue weighted by atomic mass is 16.5. The maximum atomic E-state index is 8.94. The summed E-state index contributed by atoms with van der Waals surface area (Å²) in [6.07, 6.45) is 0.675. The lowest BCUT2D eigenvalue weighted by molar-refractivity contribution is 0.0770. The molecule has 14 heavy (non-hydrogen) atoms. The maximum absolute atomic E-state index is 8.94. The van der Waals surface area contributed by atoms with Gasteiger partial charge in [0, 0.05) is 32.4 Å². The van der Waals surface area contributed by atoms with Gasteiger partial charge in [-0.1, -0.05) is 0 Å². The second kappa shape index (κ2) is 7.17. The van der Waals surface area contributed by atoms with E-state index in [4.69, 9.17) is 14.6 Å². The van der Waals surface area contributed by atoms with E-state index in [-0.39, 0.29) is 18.2 Å². The van der Waals surface area contributed by atoms with E-state index in [9.17, 15) is 0 Å². The molecule has 0 aromatic heterocycles. The van der Waals surface area contributed by atoms with Gasteiger partial charge in [0.05, 0.1) is 13.2 Å². The normalized spacial score (nSPS) is 17.8. The Morgan fingerprint density at radius 1 is 1.36 bits per heavy atom. The van der Waals surface area contributed by atoms with Crippen LogP contribution in [0.4, 0.5) is 0 Å². The number of aliphatic hydroxyl groups excluding tert-OH is 1. The molecule has 0 radical (unpaired) electrons. The van der Waals surface area contributed by atoms with Crippen molar-refractivity contribution in [2.45, 2.75) is 31.8 Å². The van der Waals surface area contributed by atoms with Crippen LogP contribution in [0.1, 0.15) is 20.3 Å². The summed E-state index contributed by atoms with van der Waals surface area (Å²) >= 11 is 0. The number of hydrogen-bond donors (Lipinski definition) is 2. The van der Waals surface area contributed by atoms with E-state index in [1.165, 1.54) is 0 Å². The number of hydrogen-bond acceptors (Lipinski definition) is 4. The largest absolute Gasteiger partial charge is 0.396 e. The van der Waals surface area contributed by atoms with Gasteiger partial charge >= 0.3 is 0 Å². The standard InChI is InChI=1S/C10H23NO3/c1-9(7-13-3)11-10(2,5-6-12)8-14-4/h9,11-12H,5-8H2,1-4H3. The molecule has 0 bridgehead atoms. The molecule has 4 heteroatoms. The number of ether oxygens (including phenoxy) is 2. The first-order chi connectivity index (χ1) is 6.58. The minimum absolute atomic E-state index is 0.159. The predicted octanol–water partition coefficient (Wildman–Crippen LogP) is 0.398. The summed E-state index contributed by atoms with van der Waals surface area (Å²) in [6.45, 7) is 5.49. The molecule has 0 heterocycles. The molecule has 4 nitrogen and oxygen atoms in total. The van der Waals surface area contributed by atoms with Crippen molar-refractivity contribution in [2.24, 2.45) is 0 Å². The van der Waals surface area contributed by atoms with Gasteiger partial charge in [-0.2, -0.15) is 0 Å². The van der Waals surface area contributed by atoms with E-state index >= 15 is 0 Å². The number of methoxy groups -OCH3 is 2. The summed E-state index contributed by atoms with van der Waals surface area (Å²) in [6, 6.07) is 0.256. The molecule has 2 unspecified atom stereocenters. The Morgan fingerprint density at radius 2 is 2.00 bits per heavy atom. The molecule has 0 aliphatic carbocycles. The van der Waals surface area contributed by atoms with Gasteiger partial charge in [-0.3, -0.25) is 0 Å². The average molecular weight is 205 g/mol. The molecule has 0 rings (SSSR count). The monoisotopic (exact) mass is 205 g/mol. The van der Waals surface area contributed by atoms with Crippen molar-refractivity contribution in [3.05, 3.63) is 0 Å². The quantitative estimate of drug-likeness (QED) is 0.602. The van der Waals surface area contributed by atoms with Crippen LogP contribution in [0.25, 0.3) is 0 Å². The second-order valence-corrected chi connectivity index (χ2v) is 3.97. The van der Waals surface area contributed by atoms with Crippen LogP contribution in [-0.2, 0) is 9.47 Å². The summed E-state index contributed by atoms with van der Waals surface area (Å²) in [5.41, 5.74) is -0.179. The molecule has 0 aromatic carbocycles. The van der Waals surface area contributed by atoms with Gasteiger partial charge in [0.25, 0.3) is 0 Å². The Morgan fingerprint density at radius 3 is 2.43 bits per heavy atom. The molecule has 0 aliphatic rings. The van der Waals surface area contributed by atoms with Crippen LogP contribution < -0.4 is 5.32 Å². The fourth-order valence-electron chi connectivity index (χ4n) is 1.64. The van der Waals surface area contributed by atoms with Crippen LogP contribution in [0.2, 0.25) is 0 Å². The highest BCUT2D eigenvalue weighted by Gasteiger charge is 2.25. The lowest BCUT2D eigenvalue weighted by atomic mass is 9.98. The zero-order valence-electron chi connectivity index (χ0n) is 9.67. The Labute approximate surface area is 86.6 Å². The van der Waals surface area contributed by atoms with Crippen molar-refractivity contribution in [1.29, 1.82) is 0 Å². The highest BCUT2D eigenvalue weighted by molar-refractivity contribution is 4.85. The van der Waals surface area contributed by atoms with E-state index < -0.39 is 0 Å². The zero-order chi connectivity index (χ0) is 11.0. The minimum atomic E-state index is -0.179. The first-order valence-corrected chi connectivity index (χ1v) is 4.94. The Hall–Kier alpha value is -0.160. The van der Waals surface area contributed by atoms with Crippen LogP contribution in [0.15, 0.2) is 0 Å².